The predicted octanol–water partition coefficient (Wildman–Crippen LogP) is 1.37. The Morgan fingerprint density at radius 2 is 2.17 bits per heavy atom. The van der Waals surface area contributed by atoms with Gasteiger partial charge < -0.3 is 14.7 Å². The van der Waals surface area contributed by atoms with Crippen LogP contribution in [0.3, 0.4) is 0 Å². The van der Waals surface area contributed by atoms with Crippen molar-refractivity contribution in [2.75, 3.05) is 6.61 Å². The molecule has 0 spiro atoms. The van der Waals surface area contributed by atoms with Gasteiger partial charge in [0.25, 0.3) is 0 Å². The molecular formula is C13H15NO4. The average Bonchev–Trinajstić information content (AvgIpc) is 2.90. The smallest absolute Gasteiger partial charge is 0.338 e. The van der Waals surface area contributed by atoms with Crippen molar-refractivity contribution in [2.45, 2.75) is 25.6 Å². The van der Waals surface area contributed by atoms with Crippen LogP contribution in [0, 0.1) is 0 Å². The van der Waals surface area contributed by atoms with Gasteiger partial charge in [-0.3, -0.25) is 0 Å². The van der Waals surface area contributed by atoms with E-state index in [1.165, 1.54) is 0 Å². The molecule has 1 aromatic rings. The molecule has 18 heavy (non-hydrogen) atoms. The lowest BCUT2D eigenvalue weighted by molar-refractivity contribution is 0.0115. The van der Waals surface area contributed by atoms with Crippen molar-refractivity contribution < 1.29 is 19.5 Å². The van der Waals surface area contributed by atoms with E-state index in [-0.39, 0.29) is 0 Å². The van der Waals surface area contributed by atoms with Gasteiger partial charge in [0.15, 0.2) is 6.10 Å². The number of hydrogen-bond acceptors (Lipinski definition) is 5. The Balaban J connectivity index is 2.08. The number of aliphatic hydroxyl groups excluding tert-OH is 1. The van der Waals surface area contributed by atoms with Gasteiger partial charge in [0.2, 0.25) is 0 Å². The van der Waals surface area contributed by atoms with Crippen LogP contribution in [-0.2, 0) is 9.57 Å². The third-order valence-electron chi connectivity index (χ3n) is 2.64. The van der Waals surface area contributed by atoms with Crippen molar-refractivity contribution in [3.63, 3.8) is 0 Å². The maximum atomic E-state index is 11.9. The number of carbonyl (C=O) groups is 1. The molecule has 0 radical (unpaired) electrons. The second-order valence-electron chi connectivity index (χ2n) is 4.10. The van der Waals surface area contributed by atoms with Gasteiger partial charge in [-0.1, -0.05) is 23.4 Å². The fourth-order valence-corrected chi connectivity index (χ4v) is 1.72. The molecule has 2 rings (SSSR count). The van der Waals surface area contributed by atoms with Gasteiger partial charge in [-0.05, 0) is 19.1 Å². The quantitative estimate of drug-likeness (QED) is 0.818. The highest BCUT2D eigenvalue weighted by Gasteiger charge is 2.28. The molecule has 1 aliphatic heterocycles. The summed E-state index contributed by atoms with van der Waals surface area (Å²) in [6.07, 6.45) is -1.00. The summed E-state index contributed by atoms with van der Waals surface area (Å²) >= 11 is 0. The number of hydrogen-bond donors (Lipinski definition) is 1. The first kappa shape index (κ1) is 12.6. The van der Waals surface area contributed by atoms with E-state index in [1.807, 2.05) is 6.07 Å². The molecule has 5 nitrogen and oxygen atoms in total. The SMILES string of the molecule is C[C@H](O)[C@@H](OC(=O)c1ccccc1)C1=NOCC1. The van der Waals surface area contributed by atoms with E-state index >= 15 is 0 Å². The lowest BCUT2D eigenvalue weighted by atomic mass is 10.1. The standard InChI is InChI=1S/C13H15NO4/c1-9(15)12(11-7-8-17-14-11)18-13(16)10-5-3-2-4-6-10/h2-6,9,12,15H,7-8H2,1H3/t9-,12+/m0/s1. The van der Waals surface area contributed by atoms with Gasteiger partial charge >= 0.3 is 5.97 Å². The lowest BCUT2D eigenvalue weighted by Gasteiger charge is -2.19. The Labute approximate surface area is 105 Å². The number of ether oxygens (including phenoxy) is 1. The molecule has 1 heterocycles. The number of rotatable bonds is 4. The summed E-state index contributed by atoms with van der Waals surface area (Å²) in [5.74, 6) is -0.476. The first-order valence-electron chi connectivity index (χ1n) is 5.81. The van der Waals surface area contributed by atoms with Crippen molar-refractivity contribution in [1.82, 2.24) is 0 Å². The summed E-state index contributed by atoms with van der Waals surface area (Å²) in [5, 5.41) is 13.4. The first-order valence-corrected chi connectivity index (χ1v) is 5.81. The zero-order chi connectivity index (χ0) is 13.0. The molecule has 1 aliphatic rings. The number of nitrogens with zero attached hydrogens (tertiary/aromatic N) is 1. The van der Waals surface area contributed by atoms with Gasteiger partial charge in [-0.2, -0.15) is 0 Å². The van der Waals surface area contributed by atoms with Gasteiger partial charge in [0, 0.05) is 6.42 Å². The van der Waals surface area contributed by atoms with Crippen LogP contribution in [0.25, 0.3) is 0 Å². The van der Waals surface area contributed by atoms with Crippen molar-refractivity contribution in [3.8, 4) is 0 Å². The predicted molar refractivity (Wildman–Crippen MR) is 65.3 cm³/mol. The Morgan fingerprint density at radius 3 is 2.72 bits per heavy atom. The van der Waals surface area contributed by atoms with Crippen molar-refractivity contribution in [2.24, 2.45) is 5.16 Å². The molecule has 0 unspecified atom stereocenters. The Hall–Kier alpha value is -1.88. The van der Waals surface area contributed by atoms with Crippen LogP contribution in [0.1, 0.15) is 23.7 Å². The van der Waals surface area contributed by atoms with E-state index < -0.39 is 18.2 Å². The van der Waals surface area contributed by atoms with Crippen LogP contribution in [0.4, 0.5) is 0 Å². The van der Waals surface area contributed by atoms with Crippen LogP contribution < -0.4 is 0 Å². The number of esters is 1. The minimum absolute atomic E-state index is 0.447. The molecule has 0 bridgehead atoms. The minimum Gasteiger partial charge on any atom is -0.450 e. The number of benzene rings is 1. The fourth-order valence-electron chi connectivity index (χ4n) is 1.72. The molecule has 96 valence electrons. The number of carbonyl (C=O) groups excluding carboxylic acids is 1. The zero-order valence-electron chi connectivity index (χ0n) is 10.1. The van der Waals surface area contributed by atoms with Crippen LogP contribution in [0.2, 0.25) is 0 Å². The zero-order valence-corrected chi connectivity index (χ0v) is 10.1. The molecule has 1 N–H and O–H groups in total. The third-order valence-corrected chi connectivity index (χ3v) is 2.64. The molecule has 1 aromatic carbocycles. The highest BCUT2D eigenvalue weighted by atomic mass is 16.6. The van der Waals surface area contributed by atoms with E-state index in [9.17, 15) is 9.90 Å². The molecular weight excluding hydrogens is 234 g/mol. The summed E-state index contributed by atoms with van der Waals surface area (Å²) in [5.41, 5.74) is 1.01. The van der Waals surface area contributed by atoms with Gasteiger partial charge in [0.1, 0.15) is 12.3 Å². The average molecular weight is 249 g/mol. The molecule has 0 fully saturated rings. The van der Waals surface area contributed by atoms with Gasteiger partial charge in [-0.15, -0.1) is 0 Å². The Bertz CT molecular complexity index is 442. The van der Waals surface area contributed by atoms with E-state index in [0.717, 1.165) is 0 Å². The molecule has 0 saturated carbocycles. The largest absolute Gasteiger partial charge is 0.450 e. The fraction of sp³-hybridized carbons (Fsp3) is 0.385. The lowest BCUT2D eigenvalue weighted by Crippen LogP contribution is -2.36. The molecule has 5 heteroatoms. The normalized spacial score (nSPS) is 17.6. The monoisotopic (exact) mass is 249 g/mol. The highest BCUT2D eigenvalue weighted by Crippen LogP contribution is 2.13. The van der Waals surface area contributed by atoms with Crippen molar-refractivity contribution >= 4 is 11.7 Å². The Morgan fingerprint density at radius 1 is 1.44 bits per heavy atom. The minimum atomic E-state index is -0.821. The first-order chi connectivity index (χ1) is 8.68. The van der Waals surface area contributed by atoms with Crippen LogP contribution >= 0.6 is 0 Å². The van der Waals surface area contributed by atoms with E-state index in [4.69, 9.17) is 9.57 Å². The van der Waals surface area contributed by atoms with Crippen LogP contribution in [0.15, 0.2) is 35.5 Å². The van der Waals surface area contributed by atoms with E-state index in [2.05, 4.69) is 5.16 Å². The number of oxime groups is 1. The molecule has 2 atom stereocenters. The van der Waals surface area contributed by atoms with E-state index in [0.29, 0.717) is 24.3 Å². The second-order valence-corrected chi connectivity index (χ2v) is 4.10. The molecule has 0 saturated heterocycles. The highest BCUT2D eigenvalue weighted by molar-refractivity contribution is 5.95. The second kappa shape index (κ2) is 5.64. The summed E-state index contributed by atoms with van der Waals surface area (Å²) in [6, 6.07) is 8.65. The summed E-state index contributed by atoms with van der Waals surface area (Å²) in [6.45, 7) is 2.02. The molecule has 0 aliphatic carbocycles. The van der Waals surface area contributed by atoms with Gasteiger partial charge in [-0.25, -0.2) is 4.79 Å². The molecule has 0 amide bonds. The third kappa shape index (κ3) is 2.87. The molecule has 0 aromatic heterocycles. The van der Waals surface area contributed by atoms with Crippen molar-refractivity contribution in [1.29, 1.82) is 0 Å². The summed E-state index contributed by atoms with van der Waals surface area (Å²) in [7, 11) is 0. The topological polar surface area (TPSA) is 68.1 Å². The Kier molecular flexibility index (Phi) is 3.94. The van der Waals surface area contributed by atoms with Crippen LogP contribution in [-0.4, -0.2) is 35.6 Å². The van der Waals surface area contributed by atoms with Crippen LogP contribution in [0.5, 0.6) is 0 Å². The maximum absolute atomic E-state index is 11.9. The maximum Gasteiger partial charge on any atom is 0.338 e. The van der Waals surface area contributed by atoms with E-state index in [1.54, 1.807) is 31.2 Å². The van der Waals surface area contributed by atoms with Crippen molar-refractivity contribution in [3.05, 3.63) is 35.9 Å². The number of aliphatic hydroxyl groups is 1. The summed E-state index contributed by atoms with van der Waals surface area (Å²) in [4.78, 5) is 16.7. The van der Waals surface area contributed by atoms with Gasteiger partial charge in [0.05, 0.1) is 11.7 Å². The summed E-state index contributed by atoms with van der Waals surface area (Å²) < 4.78 is 5.28.